The highest BCUT2D eigenvalue weighted by atomic mass is 16.5. The first-order valence-electron chi connectivity index (χ1n) is 5.56. The number of hydrogen-bond donors (Lipinski definition) is 1. The lowest BCUT2D eigenvalue weighted by Crippen LogP contribution is -2.10. The number of phenolic OH excluding ortho intramolecular Hbond substituents is 1. The largest absolute Gasteiger partial charge is 0.508 e. The van der Waals surface area contributed by atoms with Crippen molar-refractivity contribution in [1.29, 1.82) is 0 Å². The van der Waals surface area contributed by atoms with Crippen molar-refractivity contribution in [1.82, 2.24) is 10.1 Å². The highest BCUT2D eigenvalue weighted by Crippen LogP contribution is 2.23. The number of aromatic nitrogens is 2. The molecule has 1 N–H and O–H groups in total. The maximum absolute atomic E-state index is 9.19. The molecule has 90 valence electrons. The third-order valence-electron chi connectivity index (χ3n) is 2.27. The quantitative estimate of drug-likeness (QED) is 0.864. The van der Waals surface area contributed by atoms with Crippen molar-refractivity contribution < 1.29 is 9.63 Å². The predicted molar refractivity (Wildman–Crippen MR) is 64.6 cm³/mol. The van der Waals surface area contributed by atoms with E-state index in [1.165, 1.54) is 0 Å². The molecule has 1 aromatic heterocycles. The summed E-state index contributed by atoms with van der Waals surface area (Å²) >= 11 is 0. The molecule has 1 aromatic carbocycles. The van der Waals surface area contributed by atoms with Crippen molar-refractivity contribution in [3.05, 3.63) is 30.1 Å². The molecule has 2 aromatic rings. The van der Waals surface area contributed by atoms with Crippen molar-refractivity contribution in [3.8, 4) is 17.2 Å². The average Bonchev–Trinajstić information content (AvgIpc) is 2.64. The van der Waals surface area contributed by atoms with Gasteiger partial charge < -0.3 is 9.63 Å². The van der Waals surface area contributed by atoms with Crippen molar-refractivity contribution in [2.75, 3.05) is 0 Å². The van der Waals surface area contributed by atoms with Gasteiger partial charge in [0, 0.05) is 12.0 Å². The van der Waals surface area contributed by atoms with Gasteiger partial charge in [-0.1, -0.05) is 25.9 Å². The minimum absolute atomic E-state index is 0.135. The second-order valence-electron chi connectivity index (χ2n) is 5.30. The van der Waals surface area contributed by atoms with E-state index < -0.39 is 0 Å². The fourth-order valence-corrected chi connectivity index (χ4v) is 1.52. The Morgan fingerprint density at radius 1 is 1.18 bits per heavy atom. The second-order valence-corrected chi connectivity index (χ2v) is 5.30. The lowest BCUT2D eigenvalue weighted by atomic mass is 9.92. The molecule has 0 amide bonds. The molecule has 4 nitrogen and oxygen atoms in total. The molecular weight excluding hydrogens is 216 g/mol. The Morgan fingerprint density at radius 2 is 1.82 bits per heavy atom. The van der Waals surface area contributed by atoms with E-state index in [1.54, 1.807) is 24.3 Å². The Bertz CT molecular complexity index is 495. The zero-order chi connectivity index (χ0) is 12.5. The van der Waals surface area contributed by atoms with E-state index in [0.717, 1.165) is 12.0 Å². The van der Waals surface area contributed by atoms with E-state index in [0.29, 0.717) is 11.7 Å². The van der Waals surface area contributed by atoms with Crippen LogP contribution in [0.1, 0.15) is 26.6 Å². The molecule has 0 spiro atoms. The smallest absolute Gasteiger partial charge is 0.257 e. The zero-order valence-electron chi connectivity index (χ0n) is 10.3. The lowest BCUT2D eigenvalue weighted by Gasteiger charge is -2.14. The van der Waals surface area contributed by atoms with Gasteiger partial charge in [-0.2, -0.15) is 4.98 Å². The number of benzene rings is 1. The highest BCUT2D eigenvalue weighted by molar-refractivity contribution is 5.53. The fourth-order valence-electron chi connectivity index (χ4n) is 1.52. The summed E-state index contributed by atoms with van der Waals surface area (Å²) in [5.74, 6) is 1.42. The molecule has 0 unspecified atom stereocenters. The molecule has 0 saturated heterocycles. The van der Waals surface area contributed by atoms with E-state index in [1.807, 2.05) is 0 Å². The molecule has 0 aliphatic heterocycles. The van der Waals surface area contributed by atoms with Crippen LogP contribution in [0.3, 0.4) is 0 Å². The zero-order valence-corrected chi connectivity index (χ0v) is 10.3. The molecule has 17 heavy (non-hydrogen) atoms. The standard InChI is InChI=1S/C13H16N2O2/c1-13(2,3)8-11-14-12(17-15-11)9-4-6-10(16)7-5-9/h4-7,16H,8H2,1-3H3. The first kappa shape index (κ1) is 11.6. The molecule has 0 aliphatic rings. The van der Waals surface area contributed by atoms with Crippen LogP contribution in [0.25, 0.3) is 11.5 Å². The van der Waals surface area contributed by atoms with Crippen LogP contribution in [0.15, 0.2) is 28.8 Å². The number of hydrogen-bond acceptors (Lipinski definition) is 4. The monoisotopic (exact) mass is 232 g/mol. The van der Waals surface area contributed by atoms with Crippen LogP contribution in [0, 0.1) is 5.41 Å². The van der Waals surface area contributed by atoms with E-state index in [2.05, 4.69) is 30.9 Å². The first-order valence-corrected chi connectivity index (χ1v) is 5.56. The van der Waals surface area contributed by atoms with Crippen LogP contribution in [-0.4, -0.2) is 15.2 Å². The second kappa shape index (κ2) is 4.20. The number of nitrogens with zero attached hydrogens (tertiary/aromatic N) is 2. The molecule has 1 heterocycles. The highest BCUT2D eigenvalue weighted by Gasteiger charge is 2.16. The van der Waals surface area contributed by atoms with Gasteiger partial charge in [-0.25, -0.2) is 0 Å². The average molecular weight is 232 g/mol. The van der Waals surface area contributed by atoms with Gasteiger partial charge in [0.05, 0.1) is 0 Å². The Kier molecular flexibility index (Phi) is 2.88. The third-order valence-corrected chi connectivity index (χ3v) is 2.27. The minimum atomic E-state index is 0.135. The SMILES string of the molecule is CC(C)(C)Cc1noc(-c2ccc(O)cc2)n1. The van der Waals surface area contributed by atoms with Crippen molar-refractivity contribution in [2.45, 2.75) is 27.2 Å². The van der Waals surface area contributed by atoms with Crippen molar-refractivity contribution in [2.24, 2.45) is 5.41 Å². The summed E-state index contributed by atoms with van der Waals surface area (Å²) in [5, 5.41) is 13.1. The van der Waals surface area contributed by atoms with Crippen molar-refractivity contribution >= 4 is 0 Å². The third kappa shape index (κ3) is 3.06. The summed E-state index contributed by atoms with van der Waals surface area (Å²) in [4.78, 5) is 4.34. The van der Waals surface area contributed by atoms with E-state index in [4.69, 9.17) is 4.52 Å². The minimum Gasteiger partial charge on any atom is -0.508 e. The lowest BCUT2D eigenvalue weighted by molar-refractivity contribution is 0.374. The molecule has 2 rings (SSSR count). The number of aromatic hydroxyl groups is 1. The summed E-state index contributed by atoms with van der Waals surface area (Å²) in [7, 11) is 0. The molecule has 0 saturated carbocycles. The van der Waals surface area contributed by atoms with E-state index in [9.17, 15) is 5.11 Å². The Hall–Kier alpha value is -1.84. The molecule has 0 bridgehead atoms. The van der Waals surface area contributed by atoms with Gasteiger partial charge in [0.2, 0.25) is 0 Å². The van der Waals surface area contributed by atoms with Crippen molar-refractivity contribution in [3.63, 3.8) is 0 Å². The normalized spacial score (nSPS) is 11.7. The van der Waals surface area contributed by atoms with Gasteiger partial charge in [-0.3, -0.25) is 0 Å². The first-order chi connectivity index (χ1) is 7.94. The maximum Gasteiger partial charge on any atom is 0.257 e. The molecular formula is C13H16N2O2. The fraction of sp³-hybridized carbons (Fsp3) is 0.385. The molecule has 0 aliphatic carbocycles. The number of phenols is 1. The molecule has 0 radical (unpaired) electrons. The summed E-state index contributed by atoms with van der Waals surface area (Å²) < 4.78 is 5.19. The Labute approximate surface area is 100 Å². The molecule has 4 heteroatoms. The summed E-state index contributed by atoms with van der Waals surface area (Å²) in [5.41, 5.74) is 0.950. The van der Waals surface area contributed by atoms with E-state index in [-0.39, 0.29) is 11.2 Å². The van der Waals surface area contributed by atoms with Crippen LogP contribution in [-0.2, 0) is 6.42 Å². The predicted octanol–water partition coefficient (Wildman–Crippen LogP) is 3.03. The van der Waals surface area contributed by atoms with E-state index >= 15 is 0 Å². The van der Waals surface area contributed by atoms with Gasteiger partial charge in [-0.15, -0.1) is 0 Å². The topological polar surface area (TPSA) is 59.2 Å². The van der Waals surface area contributed by atoms with Crippen LogP contribution >= 0.6 is 0 Å². The van der Waals surface area contributed by atoms with Gasteiger partial charge in [0.1, 0.15) is 5.75 Å². The molecule has 0 fully saturated rings. The van der Waals surface area contributed by atoms with Crippen LogP contribution < -0.4 is 0 Å². The molecule has 0 atom stereocenters. The van der Waals surface area contributed by atoms with Gasteiger partial charge >= 0.3 is 0 Å². The van der Waals surface area contributed by atoms with Gasteiger partial charge in [0.15, 0.2) is 5.82 Å². The van der Waals surface area contributed by atoms with Crippen LogP contribution in [0.2, 0.25) is 0 Å². The van der Waals surface area contributed by atoms with Gasteiger partial charge in [-0.05, 0) is 29.7 Å². The maximum atomic E-state index is 9.19. The summed E-state index contributed by atoms with van der Waals surface area (Å²) in [6, 6.07) is 6.71. The summed E-state index contributed by atoms with van der Waals surface area (Å²) in [6.07, 6.45) is 0.772. The van der Waals surface area contributed by atoms with Gasteiger partial charge in [0.25, 0.3) is 5.89 Å². The summed E-state index contributed by atoms with van der Waals surface area (Å²) in [6.45, 7) is 6.39. The van der Waals surface area contributed by atoms with Crippen LogP contribution in [0.4, 0.5) is 0 Å². The number of rotatable bonds is 2. The Balaban J connectivity index is 2.21. The van der Waals surface area contributed by atoms with Crippen LogP contribution in [0.5, 0.6) is 5.75 Å². The Morgan fingerprint density at radius 3 is 2.41 bits per heavy atom.